The lowest BCUT2D eigenvalue weighted by atomic mass is 10.2. The highest BCUT2D eigenvalue weighted by Crippen LogP contribution is 2.22. The van der Waals surface area contributed by atoms with Crippen molar-refractivity contribution in [3.8, 4) is 6.07 Å². The molecule has 1 aliphatic heterocycles. The van der Waals surface area contributed by atoms with Gasteiger partial charge in [0.25, 0.3) is 10.0 Å². The standard InChI is InChI=1S/C20H15N5O5S/c21-9-13(20-23-14-6-2-3-7-15(14)24-20)16(26)11-30-18(27)10-22-19-12-5-1-4-8-17(12)31(28,29)25-19/h1-8,26H,10-11H2,(H,22,25)(H,23,24)/b16-13-. The molecule has 1 aliphatic rings. The van der Waals surface area contributed by atoms with Gasteiger partial charge >= 0.3 is 5.97 Å². The Morgan fingerprint density at radius 3 is 2.71 bits per heavy atom. The van der Waals surface area contributed by atoms with E-state index in [1.807, 2.05) is 6.07 Å². The van der Waals surface area contributed by atoms with Crippen LogP contribution < -0.4 is 4.72 Å². The summed E-state index contributed by atoms with van der Waals surface area (Å²) in [6.07, 6.45) is 0. The van der Waals surface area contributed by atoms with Crippen LogP contribution >= 0.6 is 0 Å². The molecule has 0 aliphatic carbocycles. The molecule has 0 saturated carbocycles. The van der Waals surface area contributed by atoms with Gasteiger partial charge in [-0.25, -0.2) is 13.4 Å². The molecule has 31 heavy (non-hydrogen) atoms. The van der Waals surface area contributed by atoms with Gasteiger partial charge in [0.05, 0.1) is 15.9 Å². The number of fused-ring (bicyclic) bond motifs is 2. The summed E-state index contributed by atoms with van der Waals surface area (Å²) in [7, 11) is -3.71. The maximum atomic E-state index is 12.0. The number of ether oxygens (including phenoxy) is 1. The van der Waals surface area contributed by atoms with Gasteiger partial charge in [-0.05, 0) is 24.3 Å². The van der Waals surface area contributed by atoms with Crippen LogP contribution in [0.4, 0.5) is 0 Å². The normalized spacial score (nSPS) is 16.3. The summed E-state index contributed by atoms with van der Waals surface area (Å²) >= 11 is 0. The molecule has 0 radical (unpaired) electrons. The monoisotopic (exact) mass is 437 g/mol. The maximum Gasteiger partial charge on any atom is 0.328 e. The van der Waals surface area contributed by atoms with Crippen LogP contribution in [0.1, 0.15) is 11.4 Å². The lowest BCUT2D eigenvalue weighted by Gasteiger charge is -2.04. The van der Waals surface area contributed by atoms with Crippen LogP contribution in [0, 0.1) is 11.3 Å². The van der Waals surface area contributed by atoms with Gasteiger partial charge in [-0.3, -0.25) is 14.5 Å². The molecule has 0 amide bonds. The topological polar surface area (TPSA) is 158 Å². The lowest BCUT2D eigenvalue weighted by Crippen LogP contribution is -2.23. The van der Waals surface area contributed by atoms with E-state index >= 15 is 0 Å². The number of carbonyl (C=O) groups is 1. The zero-order valence-corrected chi connectivity index (χ0v) is 16.7. The first-order valence-electron chi connectivity index (χ1n) is 8.98. The fourth-order valence-corrected chi connectivity index (χ4v) is 4.24. The van der Waals surface area contributed by atoms with Crippen molar-refractivity contribution in [2.75, 3.05) is 13.2 Å². The minimum atomic E-state index is -3.71. The molecule has 0 bridgehead atoms. The van der Waals surface area contributed by atoms with Crippen molar-refractivity contribution in [2.45, 2.75) is 4.90 Å². The van der Waals surface area contributed by atoms with Gasteiger partial charge in [-0.2, -0.15) is 5.26 Å². The number of imidazole rings is 1. The minimum absolute atomic E-state index is 0.0345. The van der Waals surface area contributed by atoms with Gasteiger partial charge in [0, 0.05) is 5.56 Å². The molecular weight excluding hydrogens is 422 g/mol. The number of benzene rings is 2. The number of amidine groups is 1. The number of nitriles is 1. The number of rotatable bonds is 5. The number of hydrogen-bond acceptors (Lipinski definition) is 8. The Kier molecular flexibility index (Phi) is 5.14. The smallest absolute Gasteiger partial charge is 0.328 e. The maximum absolute atomic E-state index is 12.0. The number of esters is 1. The first-order chi connectivity index (χ1) is 14.9. The molecule has 3 aromatic rings. The number of aromatic amines is 1. The van der Waals surface area contributed by atoms with Crippen LogP contribution in [0.2, 0.25) is 0 Å². The van der Waals surface area contributed by atoms with Gasteiger partial charge < -0.3 is 14.8 Å². The Balaban J connectivity index is 1.45. The van der Waals surface area contributed by atoms with Crippen LogP contribution in [-0.2, 0) is 19.6 Å². The largest absolute Gasteiger partial charge is 0.507 e. The van der Waals surface area contributed by atoms with Crippen LogP contribution in [0.5, 0.6) is 0 Å². The average Bonchev–Trinajstić information content (AvgIpc) is 3.30. The first kappa shape index (κ1) is 20.1. The molecule has 0 spiro atoms. The van der Waals surface area contributed by atoms with Gasteiger partial charge in [0.15, 0.2) is 11.6 Å². The fraction of sp³-hybridized carbons (Fsp3) is 0.100. The van der Waals surface area contributed by atoms with Crippen molar-refractivity contribution >= 4 is 38.4 Å². The highest BCUT2D eigenvalue weighted by molar-refractivity contribution is 7.90. The number of aliphatic hydroxyl groups is 1. The van der Waals surface area contributed by atoms with Gasteiger partial charge in [0.2, 0.25) is 0 Å². The van der Waals surface area contributed by atoms with E-state index in [1.165, 1.54) is 6.07 Å². The number of allylic oxidation sites excluding steroid dienone is 1. The molecule has 3 N–H and O–H groups in total. The van der Waals surface area contributed by atoms with Gasteiger partial charge in [0.1, 0.15) is 30.6 Å². The van der Waals surface area contributed by atoms with E-state index in [2.05, 4.69) is 19.7 Å². The molecule has 11 heteroatoms. The van der Waals surface area contributed by atoms with E-state index in [9.17, 15) is 23.6 Å². The Morgan fingerprint density at radius 2 is 1.94 bits per heavy atom. The van der Waals surface area contributed by atoms with Crippen molar-refractivity contribution < 1.29 is 23.1 Å². The van der Waals surface area contributed by atoms with Crippen LogP contribution in [0.25, 0.3) is 16.6 Å². The molecule has 4 rings (SSSR count). The van der Waals surface area contributed by atoms with Crippen molar-refractivity contribution in [3.63, 3.8) is 0 Å². The molecule has 0 atom stereocenters. The number of nitrogens with zero attached hydrogens (tertiary/aromatic N) is 3. The molecule has 2 heterocycles. The van der Waals surface area contributed by atoms with Crippen molar-refractivity contribution in [1.82, 2.24) is 14.7 Å². The number of aliphatic hydroxyl groups excluding tert-OH is 1. The molecule has 2 aromatic carbocycles. The number of carbonyl (C=O) groups excluding carboxylic acids is 1. The van der Waals surface area contributed by atoms with Crippen LogP contribution in [0.15, 0.2) is 64.2 Å². The number of nitrogens with one attached hydrogen (secondary N) is 2. The SMILES string of the molecule is N#C/C(=C(/O)COC(=O)CN=C1NS(=O)(=O)c2ccccc21)c1nc2ccccc2[nH]1. The van der Waals surface area contributed by atoms with E-state index in [1.54, 1.807) is 42.5 Å². The quantitative estimate of drug-likeness (QED) is 0.311. The Hall–Kier alpha value is -4.17. The molecule has 0 fully saturated rings. The Bertz CT molecular complexity index is 1370. The Labute approximate surface area is 176 Å². The van der Waals surface area contributed by atoms with Gasteiger partial charge in [-0.1, -0.05) is 24.3 Å². The number of aromatic nitrogens is 2. The third-order valence-corrected chi connectivity index (χ3v) is 5.82. The highest BCUT2D eigenvalue weighted by atomic mass is 32.2. The number of para-hydroxylation sites is 2. The Morgan fingerprint density at radius 1 is 1.19 bits per heavy atom. The second-order valence-electron chi connectivity index (χ2n) is 6.46. The summed E-state index contributed by atoms with van der Waals surface area (Å²) in [4.78, 5) is 23.2. The van der Waals surface area contributed by atoms with Crippen LogP contribution in [0.3, 0.4) is 0 Å². The zero-order valence-electron chi connectivity index (χ0n) is 15.9. The molecule has 156 valence electrons. The fourth-order valence-electron chi connectivity index (χ4n) is 2.99. The average molecular weight is 437 g/mol. The number of H-pyrrole nitrogens is 1. The van der Waals surface area contributed by atoms with E-state index in [0.29, 0.717) is 16.6 Å². The van der Waals surface area contributed by atoms with E-state index in [4.69, 9.17) is 4.74 Å². The first-order valence-corrected chi connectivity index (χ1v) is 10.5. The molecule has 1 aromatic heterocycles. The van der Waals surface area contributed by atoms with Crippen molar-refractivity contribution in [1.29, 1.82) is 5.26 Å². The summed E-state index contributed by atoms with van der Waals surface area (Å²) in [6.45, 7) is -1.04. The molecule has 0 saturated heterocycles. The zero-order chi connectivity index (χ0) is 22.0. The summed E-state index contributed by atoms with van der Waals surface area (Å²) < 4.78 is 31.3. The molecular formula is C20H15N5O5S. The molecule has 10 nitrogen and oxygen atoms in total. The predicted octanol–water partition coefficient (Wildman–Crippen LogP) is 1.64. The van der Waals surface area contributed by atoms with Crippen LogP contribution in [-0.4, -0.2) is 48.4 Å². The summed E-state index contributed by atoms with van der Waals surface area (Å²) in [5, 5.41) is 19.6. The van der Waals surface area contributed by atoms with Crippen molar-refractivity contribution in [3.05, 3.63) is 65.7 Å². The second kappa shape index (κ2) is 7.92. The van der Waals surface area contributed by atoms with E-state index in [0.717, 1.165) is 0 Å². The highest BCUT2D eigenvalue weighted by Gasteiger charge is 2.30. The van der Waals surface area contributed by atoms with E-state index in [-0.39, 0.29) is 22.1 Å². The predicted molar refractivity (Wildman–Crippen MR) is 110 cm³/mol. The van der Waals surface area contributed by atoms with Gasteiger partial charge in [-0.15, -0.1) is 0 Å². The number of aliphatic imine (C=N–C) groups is 1. The minimum Gasteiger partial charge on any atom is -0.507 e. The summed E-state index contributed by atoms with van der Waals surface area (Å²) in [6, 6.07) is 15.2. The third-order valence-electron chi connectivity index (χ3n) is 4.43. The summed E-state index contributed by atoms with van der Waals surface area (Å²) in [5.74, 6) is -1.11. The second-order valence-corrected chi connectivity index (χ2v) is 8.11. The summed E-state index contributed by atoms with van der Waals surface area (Å²) in [5.41, 5.74) is 1.50. The molecule has 0 unspecified atom stereocenters. The van der Waals surface area contributed by atoms with Crippen molar-refractivity contribution in [2.24, 2.45) is 4.99 Å². The number of sulfonamides is 1. The van der Waals surface area contributed by atoms with E-state index < -0.39 is 34.9 Å². The third kappa shape index (κ3) is 3.96. The lowest BCUT2D eigenvalue weighted by molar-refractivity contribution is -0.141. The number of hydrogen-bond donors (Lipinski definition) is 3.